The highest BCUT2D eigenvalue weighted by Crippen LogP contribution is 2.42. The van der Waals surface area contributed by atoms with Gasteiger partial charge in [0.15, 0.2) is 6.10 Å². The van der Waals surface area contributed by atoms with Gasteiger partial charge in [-0.05, 0) is 50.5 Å². The van der Waals surface area contributed by atoms with Gasteiger partial charge >= 0.3 is 27.7 Å². The van der Waals surface area contributed by atoms with Gasteiger partial charge in [0.25, 0.3) is 5.91 Å². The zero-order valence-corrected chi connectivity index (χ0v) is 25.6. The Labute approximate surface area is 256 Å². The van der Waals surface area contributed by atoms with E-state index in [1.54, 1.807) is 81.4 Å². The van der Waals surface area contributed by atoms with Gasteiger partial charge in [-0.3, -0.25) is 9.69 Å². The van der Waals surface area contributed by atoms with Crippen LogP contribution in [0, 0.1) is 0 Å². The fourth-order valence-corrected chi connectivity index (χ4v) is 6.21. The van der Waals surface area contributed by atoms with Crippen molar-refractivity contribution >= 4 is 39.8 Å². The molecular weight excluding hydrogens is 625 g/mol. The molecule has 44 heavy (non-hydrogen) atoms. The van der Waals surface area contributed by atoms with Gasteiger partial charge in [0.05, 0.1) is 0 Å². The molecule has 2 heterocycles. The van der Waals surface area contributed by atoms with E-state index in [1.165, 1.54) is 0 Å². The Hall–Kier alpha value is -3.98. The highest BCUT2D eigenvalue weighted by atomic mass is 32.2. The van der Waals surface area contributed by atoms with E-state index in [2.05, 4.69) is 9.50 Å². The Kier molecular flexibility index (Phi) is 9.40. The molecule has 2 atom stereocenters. The van der Waals surface area contributed by atoms with E-state index >= 15 is 0 Å². The normalized spacial score (nSPS) is 19.2. The topological polar surface area (TPSA) is 128 Å². The molecule has 2 aromatic rings. The number of β-lactam (4-membered cyclic amide) rings is 1. The first-order valence-electron chi connectivity index (χ1n) is 13.2. The number of thioether (sulfide) groups is 1. The number of esters is 1. The Morgan fingerprint density at radius 2 is 1.57 bits per heavy atom. The lowest BCUT2D eigenvalue weighted by atomic mass is 10.0. The molecule has 2 unspecified atom stereocenters. The second kappa shape index (κ2) is 12.6. The van der Waals surface area contributed by atoms with Crippen LogP contribution in [0.1, 0.15) is 44.9 Å². The molecule has 236 valence electrons. The Balaban J connectivity index is 1.72. The lowest BCUT2D eigenvalue weighted by molar-refractivity contribution is -0.153. The largest absolute Gasteiger partial charge is 0.534 e. The first-order valence-corrected chi connectivity index (χ1v) is 15.6. The number of alkyl halides is 3. The third-order valence-electron chi connectivity index (χ3n) is 6.20. The number of halogens is 3. The Morgan fingerprint density at radius 3 is 2.07 bits per heavy atom. The molecule has 1 fully saturated rings. The molecule has 0 bridgehead atoms. The summed E-state index contributed by atoms with van der Waals surface area (Å²) in [7, 11) is -5.99. The molecule has 0 aromatic heterocycles. The second-order valence-electron chi connectivity index (χ2n) is 10.8. The fourth-order valence-electron chi connectivity index (χ4n) is 4.41. The van der Waals surface area contributed by atoms with Crippen LogP contribution in [-0.4, -0.2) is 59.6 Å². The van der Waals surface area contributed by atoms with E-state index in [1.807, 2.05) is 0 Å². The third-order valence-corrected chi connectivity index (χ3v) is 8.55. The molecule has 2 aliphatic heterocycles. The van der Waals surface area contributed by atoms with Crippen LogP contribution in [-0.2, 0) is 33.4 Å². The highest BCUT2D eigenvalue weighted by Gasteiger charge is 2.55. The molecule has 1 saturated heterocycles. The number of fused-ring (bicyclic) bond motifs is 1. The molecule has 2 aromatic carbocycles. The van der Waals surface area contributed by atoms with Gasteiger partial charge in [0.2, 0.25) is 0 Å². The number of hydrogen-bond acceptors (Lipinski definition) is 9. The summed E-state index contributed by atoms with van der Waals surface area (Å²) >= 11 is 1.09. The van der Waals surface area contributed by atoms with Crippen molar-refractivity contribution in [1.82, 2.24) is 10.2 Å². The number of rotatable bonds is 8. The van der Waals surface area contributed by atoms with Crippen LogP contribution in [0.2, 0.25) is 0 Å². The van der Waals surface area contributed by atoms with Crippen LogP contribution in [0.3, 0.4) is 0 Å². The summed E-state index contributed by atoms with van der Waals surface area (Å²) in [5.41, 5.74) is -5.68. The predicted molar refractivity (Wildman–Crippen MR) is 154 cm³/mol. The summed E-state index contributed by atoms with van der Waals surface area (Å²) in [6.45, 7) is 5.90. The minimum atomic E-state index is -5.99. The van der Waals surface area contributed by atoms with Crippen molar-refractivity contribution < 1.29 is 49.6 Å². The number of benzene rings is 2. The van der Waals surface area contributed by atoms with Crippen LogP contribution in [0.4, 0.5) is 18.0 Å². The first kappa shape index (κ1) is 32.9. The molecule has 0 saturated carbocycles. The van der Waals surface area contributed by atoms with Crippen molar-refractivity contribution in [1.29, 1.82) is 0 Å². The summed E-state index contributed by atoms with van der Waals surface area (Å²) in [5.74, 6) is -2.47. The van der Waals surface area contributed by atoms with Gasteiger partial charge in [-0.2, -0.15) is 21.6 Å². The maximum Gasteiger partial charge on any atom is 0.534 e. The summed E-state index contributed by atoms with van der Waals surface area (Å²) in [6, 6.07) is 16.4. The second-order valence-corrected chi connectivity index (χ2v) is 13.4. The SMILES string of the molecule is C/C(=C\C1=C(C(=O)OC(c2ccccc2)c2ccccc2)N2C(=O)C(NC(=O)OC(C)(C)C)C2SC1)OS(=O)(=O)C(F)(F)F. The average molecular weight is 655 g/mol. The fraction of sp³-hybridized carbons (Fsp3) is 0.345. The first-order chi connectivity index (χ1) is 20.5. The van der Waals surface area contributed by atoms with Gasteiger partial charge < -0.3 is 19.0 Å². The van der Waals surface area contributed by atoms with E-state index < -0.39 is 62.5 Å². The Bertz CT molecular complexity index is 1550. The van der Waals surface area contributed by atoms with E-state index in [4.69, 9.17) is 9.47 Å². The smallest absolute Gasteiger partial charge is 0.448 e. The van der Waals surface area contributed by atoms with Crippen molar-refractivity contribution in [3.63, 3.8) is 0 Å². The predicted octanol–water partition coefficient (Wildman–Crippen LogP) is 5.15. The van der Waals surface area contributed by atoms with Crippen LogP contribution in [0.25, 0.3) is 0 Å². The summed E-state index contributed by atoms with van der Waals surface area (Å²) < 4.78 is 77.4. The highest BCUT2D eigenvalue weighted by molar-refractivity contribution is 8.00. The lowest BCUT2D eigenvalue weighted by Gasteiger charge is -2.49. The van der Waals surface area contributed by atoms with Crippen molar-refractivity contribution in [2.45, 2.75) is 56.3 Å². The number of allylic oxidation sites excluding steroid dienone is 2. The molecule has 2 aliphatic rings. The van der Waals surface area contributed by atoms with Gasteiger partial charge in [-0.25, -0.2) is 9.59 Å². The molecule has 15 heteroatoms. The molecule has 10 nitrogen and oxygen atoms in total. The summed E-state index contributed by atoms with van der Waals surface area (Å²) in [6.07, 6.45) is -0.860. The van der Waals surface area contributed by atoms with Crippen molar-refractivity contribution in [3.8, 4) is 0 Å². The number of carbonyl (C=O) groups excluding carboxylic acids is 3. The van der Waals surface area contributed by atoms with Gasteiger partial charge in [-0.1, -0.05) is 60.7 Å². The van der Waals surface area contributed by atoms with Gasteiger partial charge in [-0.15, -0.1) is 11.8 Å². The number of nitrogens with one attached hydrogen (secondary N) is 1. The van der Waals surface area contributed by atoms with Crippen LogP contribution >= 0.6 is 11.8 Å². The van der Waals surface area contributed by atoms with Crippen molar-refractivity contribution in [2.75, 3.05) is 5.75 Å². The van der Waals surface area contributed by atoms with E-state index in [0.29, 0.717) is 11.1 Å². The zero-order valence-electron chi connectivity index (χ0n) is 24.0. The monoisotopic (exact) mass is 654 g/mol. The quantitative estimate of drug-likeness (QED) is 0.135. The maximum absolute atomic E-state index is 13.9. The number of amides is 2. The molecule has 0 spiro atoms. The van der Waals surface area contributed by atoms with Crippen molar-refractivity contribution in [2.24, 2.45) is 0 Å². The molecule has 1 N–H and O–H groups in total. The van der Waals surface area contributed by atoms with Crippen LogP contribution < -0.4 is 5.32 Å². The van der Waals surface area contributed by atoms with Crippen LogP contribution in [0.15, 0.2) is 83.8 Å². The number of ether oxygens (including phenoxy) is 2. The van der Waals surface area contributed by atoms with Crippen LogP contribution in [0.5, 0.6) is 0 Å². The minimum absolute atomic E-state index is 0.0185. The molecular formula is C29H29F3N2O8S2. The summed E-state index contributed by atoms with van der Waals surface area (Å²) in [5, 5.41) is 1.69. The minimum Gasteiger partial charge on any atom is -0.448 e. The summed E-state index contributed by atoms with van der Waals surface area (Å²) in [4.78, 5) is 40.7. The molecule has 0 radical (unpaired) electrons. The Morgan fingerprint density at radius 1 is 1.02 bits per heavy atom. The van der Waals surface area contributed by atoms with E-state index in [0.717, 1.165) is 29.7 Å². The number of alkyl carbamates (subject to hydrolysis) is 1. The zero-order chi connectivity index (χ0) is 32.4. The van der Waals surface area contributed by atoms with Crippen molar-refractivity contribution in [3.05, 3.63) is 94.9 Å². The van der Waals surface area contributed by atoms with E-state index in [9.17, 15) is 36.0 Å². The standard InChI is InChI=1S/C29H29F3N2O8S2/c1-17(42-44(38,39)29(30,31)32)15-20-16-43-25-21(33-27(37)41-28(2,3)4)24(35)34(25)22(20)26(36)40-23(18-11-7-5-8-12-18)19-13-9-6-10-14-19/h5-15,21,23,25H,16H2,1-4H3,(H,33,37)/b17-15+. The third kappa shape index (κ3) is 7.38. The van der Waals surface area contributed by atoms with E-state index in [-0.39, 0.29) is 17.0 Å². The number of hydrogen-bond donors (Lipinski definition) is 1. The maximum atomic E-state index is 13.9. The number of nitrogens with zero attached hydrogens (tertiary/aromatic N) is 1. The van der Waals surface area contributed by atoms with Gasteiger partial charge in [0.1, 0.15) is 28.5 Å². The molecule has 2 amide bonds. The lowest BCUT2D eigenvalue weighted by Crippen LogP contribution is -2.70. The molecule has 4 rings (SSSR count). The average Bonchev–Trinajstić information content (AvgIpc) is 2.93. The number of carbonyl (C=O) groups is 3. The molecule has 0 aliphatic carbocycles. The van der Waals surface area contributed by atoms with Gasteiger partial charge in [0, 0.05) is 5.75 Å².